The highest BCUT2D eigenvalue weighted by Gasteiger charge is 2.17. The molecule has 1 amide bonds. The first kappa shape index (κ1) is 16.0. The monoisotopic (exact) mass is 348 g/mol. The van der Waals surface area contributed by atoms with E-state index in [2.05, 4.69) is 15.3 Å². The molecule has 130 valence electrons. The zero-order chi connectivity index (χ0) is 18.3. The SMILES string of the molecule is Cc1cc(C)c2c(n1)oc1c(=O)n(CC(=O)Nc3ccccc3)cnc12. The van der Waals surface area contributed by atoms with Gasteiger partial charge in [0.05, 0.1) is 11.7 Å². The summed E-state index contributed by atoms with van der Waals surface area (Å²) in [5.41, 5.74) is 2.96. The second-order valence-electron chi connectivity index (χ2n) is 6.13. The zero-order valence-corrected chi connectivity index (χ0v) is 14.3. The number of nitrogens with zero attached hydrogens (tertiary/aromatic N) is 3. The maximum atomic E-state index is 12.7. The van der Waals surface area contributed by atoms with Crippen molar-refractivity contribution < 1.29 is 9.21 Å². The lowest BCUT2D eigenvalue weighted by atomic mass is 10.1. The molecule has 3 aromatic heterocycles. The number of amides is 1. The van der Waals surface area contributed by atoms with E-state index in [4.69, 9.17) is 4.42 Å². The molecule has 1 N–H and O–H groups in total. The molecule has 0 atom stereocenters. The summed E-state index contributed by atoms with van der Waals surface area (Å²) in [4.78, 5) is 33.6. The second kappa shape index (κ2) is 6.11. The van der Waals surface area contributed by atoms with Gasteiger partial charge in [-0.3, -0.25) is 14.2 Å². The van der Waals surface area contributed by atoms with Gasteiger partial charge in [0.25, 0.3) is 5.56 Å². The molecule has 0 spiro atoms. The fraction of sp³-hybridized carbons (Fsp3) is 0.158. The van der Waals surface area contributed by atoms with E-state index >= 15 is 0 Å². The minimum absolute atomic E-state index is 0.108. The minimum atomic E-state index is -0.409. The molecular formula is C19H16N4O3. The summed E-state index contributed by atoms with van der Waals surface area (Å²) in [6.45, 7) is 3.63. The molecule has 0 aliphatic carbocycles. The van der Waals surface area contributed by atoms with Gasteiger partial charge in [0.15, 0.2) is 0 Å². The molecule has 7 heteroatoms. The number of aromatic nitrogens is 3. The van der Waals surface area contributed by atoms with Crippen molar-refractivity contribution in [3.8, 4) is 0 Å². The Kier molecular flexibility index (Phi) is 3.76. The summed E-state index contributed by atoms with van der Waals surface area (Å²) in [5, 5.41) is 3.46. The summed E-state index contributed by atoms with van der Waals surface area (Å²) >= 11 is 0. The first-order chi connectivity index (χ1) is 12.5. The first-order valence-corrected chi connectivity index (χ1v) is 8.14. The third-order valence-electron chi connectivity index (χ3n) is 4.11. The Morgan fingerprint density at radius 2 is 2.00 bits per heavy atom. The lowest BCUT2D eigenvalue weighted by molar-refractivity contribution is -0.116. The average molecular weight is 348 g/mol. The van der Waals surface area contributed by atoms with E-state index in [1.54, 1.807) is 12.1 Å². The van der Waals surface area contributed by atoms with Crippen LogP contribution in [0.1, 0.15) is 11.3 Å². The smallest absolute Gasteiger partial charge is 0.297 e. The van der Waals surface area contributed by atoms with E-state index < -0.39 is 5.56 Å². The predicted molar refractivity (Wildman–Crippen MR) is 98.1 cm³/mol. The van der Waals surface area contributed by atoms with Crippen LogP contribution in [0.5, 0.6) is 0 Å². The van der Waals surface area contributed by atoms with Gasteiger partial charge < -0.3 is 9.73 Å². The molecule has 0 radical (unpaired) electrons. The van der Waals surface area contributed by atoms with Gasteiger partial charge in [0, 0.05) is 11.4 Å². The fourth-order valence-electron chi connectivity index (χ4n) is 2.99. The summed E-state index contributed by atoms with van der Waals surface area (Å²) in [6.07, 6.45) is 1.36. The van der Waals surface area contributed by atoms with Crippen LogP contribution in [0.3, 0.4) is 0 Å². The van der Waals surface area contributed by atoms with Gasteiger partial charge >= 0.3 is 0 Å². The largest absolute Gasteiger partial charge is 0.430 e. The molecule has 7 nitrogen and oxygen atoms in total. The number of furan rings is 1. The molecule has 3 heterocycles. The topological polar surface area (TPSA) is 90.0 Å². The minimum Gasteiger partial charge on any atom is -0.430 e. The van der Waals surface area contributed by atoms with Crippen molar-refractivity contribution in [2.45, 2.75) is 20.4 Å². The molecule has 0 bridgehead atoms. The molecule has 0 aliphatic rings. The number of fused-ring (bicyclic) bond motifs is 3. The quantitative estimate of drug-likeness (QED) is 0.615. The van der Waals surface area contributed by atoms with Gasteiger partial charge in [-0.25, -0.2) is 9.97 Å². The molecule has 0 saturated heterocycles. The Hall–Kier alpha value is -3.48. The summed E-state index contributed by atoms with van der Waals surface area (Å²) in [7, 11) is 0. The van der Waals surface area contributed by atoms with Crippen LogP contribution in [0.15, 0.2) is 51.9 Å². The van der Waals surface area contributed by atoms with Gasteiger partial charge in [0.1, 0.15) is 12.1 Å². The maximum Gasteiger partial charge on any atom is 0.297 e. The Morgan fingerprint density at radius 3 is 2.77 bits per heavy atom. The first-order valence-electron chi connectivity index (χ1n) is 8.14. The van der Waals surface area contributed by atoms with Crippen LogP contribution in [0.25, 0.3) is 22.2 Å². The molecule has 4 rings (SSSR count). The lowest BCUT2D eigenvalue weighted by Crippen LogP contribution is -2.27. The van der Waals surface area contributed by atoms with Crippen molar-refractivity contribution in [2.75, 3.05) is 5.32 Å². The molecule has 4 aromatic rings. The highest BCUT2D eigenvalue weighted by Crippen LogP contribution is 2.26. The molecule has 1 aromatic carbocycles. The lowest BCUT2D eigenvalue weighted by Gasteiger charge is -2.06. The van der Waals surface area contributed by atoms with Crippen molar-refractivity contribution in [1.29, 1.82) is 0 Å². The average Bonchev–Trinajstić information content (AvgIpc) is 2.97. The third kappa shape index (κ3) is 2.73. The van der Waals surface area contributed by atoms with E-state index in [9.17, 15) is 9.59 Å². The van der Waals surface area contributed by atoms with Crippen LogP contribution in [0.2, 0.25) is 0 Å². The van der Waals surface area contributed by atoms with Crippen LogP contribution >= 0.6 is 0 Å². The molecule has 0 saturated carbocycles. The van der Waals surface area contributed by atoms with Gasteiger partial charge in [-0.05, 0) is 37.6 Å². The number of aryl methyl sites for hydroxylation is 2. The zero-order valence-electron chi connectivity index (χ0n) is 14.3. The summed E-state index contributed by atoms with van der Waals surface area (Å²) in [5.74, 6) is -0.319. The van der Waals surface area contributed by atoms with Crippen molar-refractivity contribution in [3.05, 3.63) is 64.3 Å². The van der Waals surface area contributed by atoms with Crippen LogP contribution in [-0.4, -0.2) is 20.4 Å². The molecule has 0 fully saturated rings. The molecule has 0 unspecified atom stereocenters. The van der Waals surface area contributed by atoms with Gasteiger partial charge in [-0.15, -0.1) is 0 Å². The number of pyridine rings is 1. The Morgan fingerprint density at radius 1 is 1.23 bits per heavy atom. The number of nitrogens with one attached hydrogen (secondary N) is 1. The number of hydrogen-bond acceptors (Lipinski definition) is 5. The predicted octanol–water partition coefficient (Wildman–Crippen LogP) is 2.79. The van der Waals surface area contributed by atoms with E-state index in [1.165, 1.54) is 10.9 Å². The van der Waals surface area contributed by atoms with Crippen LogP contribution in [0.4, 0.5) is 5.69 Å². The van der Waals surface area contributed by atoms with E-state index in [-0.39, 0.29) is 18.0 Å². The van der Waals surface area contributed by atoms with Gasteiger partial charge in [-0.2, -0.15) is 0 Å². The van der Waals surface area contributed by atoms with E-state index in [0.717, 1.165) is 16.6 Å². The normalized spacial score (nSPS) is 11.2. The van der Waals surface area contributed by atoms with E-state index in [0.29, 0.717) is 16.9 Å². The van der Waals surface area contributed by atoms with Gasteiger partial charge in [0.2, 0.25) is 17.2 Å². The number of rotatable bonds is 3. The summed E-state index contributed by atoms with van der Waals surface area (Å²) in [6, 6.07) is 11.0. The maximum absolute atomic E-state index is 12.7. The number of carbonyl (C=O) groups is 1. The Balaban J connectivity index is 1.72. The number of carbonyl (C=O) groups excluding carboxylic acids is 1. The Labute approximate surface area is 148 Å². The van der Waals surface area contributed by atoms with Gasteiger partial charge in [-0.1, -0.05) is 18.2 Å². The Bertz CT molecular complexity index is 1190. The molecule has 0 aliphatic heterocycles. The van der Waals surface area contributed by atoms with Crippen molar-refractivity contribution in [1.82, 2.24) is 14.5 Å². The number of anilines is 1. The highest BCUT2D eigenvalue weighted by molar-refractivity contribution is 6.02. The van der Waals surface area contributed by atoms with Crippen molar-refractivity contribution in [3.63, 3.8) is 0 Å². The standard InChI is InChI=1S/C19H16N4O3/c1-11-8-12(2)21-18-15(11)16-17(26-18)19(25)23(10-20-16)9-14(24)22-13-6-4-3-5-7-13/h3-8,10H,9H2,1-2H3,(H,22,24). The van der Waals surface area contributed by atoms with Crippen molar-refractivity contribution in [2.24, 2.45) is 0 Å². The third-order valence-corrected chi connectivity index (χ3v) is 4.11. The highest BCUT2D eigenvalue weighted by atomic mass is 16.3. The van der Waals surface area contributed by atoms with Crippen LogP contribution in [-0.2, 0) is 11.3 Å². The molecule has 26 heavy (non-hydrogen) atoms. The number of para-hydroxylation sites is 1. The summed E-state index contributed by atoms with van der Waals surface area (Å²) < 4.78 is 6.87. The number of hydrogen-bond donors (Lipinski definition) is 1. The fourth-order valence-corrected chi connectivity index (χ4v) is 2.99. The number of benzene rings is 1. The van der Waals surface area contributed by atoms with Crippen molar-refractivity contribution >= 4 is 33.8 Å². The second-order valence-corrected chi connectivity index (χ2v) is 6.13. The van der Waals surface area contributed by atoms with Crippen LogP contribution in [0, 0.1) is 13.8 Å². The molecular weight excluding hydrogens is 332 g/mol. The van der Waals surface area contributed by atoms with E-state index in [1.807, 2.05) is 38.1 Å². The van der Waals surface area contributed by atoms with Crippen LogP contribution < -0.4 is 10.9 Å².